The second-order valence-electron chi connectivity index (χ2n) is 5.38. The Hall–Kier alpha value is -1.24. The summed E-state index contributed by atoms with van der Waals surface area (Å²) in [7, 11) is 0. The Bertz CT molecular complexity index is 590. The maximum atomic E-state index is 12.1. The number of carbonyl (C=O) groups is 2. The summed E-state index contributed by atoms with van der Waals surface area (Å²) in [5.74, 6) is -0.285. The van der Waals surface area contributed by atoms with E-state index < -0.39 is 5.25 Å². The van der Waals surface area contributed by atoms with Gasteiger partial charge in [0.05, 0.1) is 17.0 Å². The van der Waals surface area contributed by atoms with E-state index in [4.69, 9.17) is 16.3 Å². The van der Waals surface area contributed by atoms with Gasteiger partial charge >= 0.3 is 0 Å². The van der Waals surface area contributed by atoms with Gasteiger partial charge in [-0.1, -0.05) is 11.6 Å². The molecule has 118 valence electrons. The first-order chi connectivity index (χ1) is 10.6. The van der Waals surface area contributed by atoms with Crippen LogP contribution in [-0.4, -0.2) is 36.3 Å². The monoisotopic (exact) mass is 340 g/mol. The van der Waals surface area contributed by atoms with Crippen LogP contribution < -0.4 is 10.6 Å². The molecule has 2 heterocycles. The first kappa shape index (κ1) is 15.6. The van der Waals surface area contributed by atoms with E-state index in [-0.39, 0.29) is 24.3 Å². The van der Waals surface area contributed by atoms with Gasteiger partial charge in [-0.3, -0.25) is 9.59 Å². The Labute approximate surface area is 138 Å². The molecule has 22 heavy (non-hydrogen) atoms. The highest BCUT2D eigenvalue weighted by Gasteiger charge is 2.29. The predicted molar refractivity (Wildman–Crippen MR) is 86.3 cm³/mol. The molecule has 1 saturated heterocycles. The molecule has 0 radical (unpaired) electrons. The lowest BCUT2D eigenvalue weighted by Gasteiger charge is -2.24. The van der Waals surface area contributed by atoms with Crippen LogP contribution in [0.15, 0.2) is 23.1 Å². The van der Waals surface area contributed by atoms with Gasteiger partial charge in [-0.05, 0) is 31.0 Å². The SMILES string of the molecule is O=C(C[C@@H]1Sc2ccc(Cl)cc2NC1=O)NC[C@H]1CCCO1. The quantitative estimate of drug-likeness (QED) is 0.883. The van der Waals surface area contributed by atoms with Crippen LogP contribution in [0.1, 0.15) is 19.3 Å². The van der Waals surface area contributed by atoms with Gasteiger partial charge in [0.2, 0.25) is 11.8 Å². The van der Waals surface area contributed by atoms with E-state index in [9.17, 15) is 9.59 Å². The molecule has 2 N–H and O–H groups in total. The van der Waals surface area contributed by atoms with Crippen molar-refractivity contribution in [2.45, 2.75) is 35.5 Å². The Kier molecular flexibility index (Phi) is 4.90. The number of hydrogen-bond donors (Lipinski definition) is 2. The minimum Gasteiger partial charge on any atom is -0.376 e. The van der Waals surface area contributed by atoms with E-state index in [2.05, 4.69) is 10.6 Å². The maximum absolute atomic E-state index is 12.1. The standard InChI is InChI=1S/C15H17ClN2O3S/c16-9-3-4-12-11(6-9)18-15(20)13(22-12)7-14(19)17-8-10-2-1-5-21-10/h3-4,6,10,13H,1-2,5,7-8H2,(H,17,19)(H,18,20)/t10-,13+/m1/s1. The van der Waals surface area contributed by atoms with E-state index in [0.717, 1.165) is 24.3 Å². The van der Waals surface area contributed by atoms with Crippen molar-refractivity contribution in [1.29, 1.82) is 0 Å². The van der Waals surface area contributed by atoms with Crippen LogP contribution >= 0.6 is 23.4 Å². The number of benzene rings is 1. The lowest BCUT2D eigenvalue weighted by atomic mass is 10.2. The number of amides is 2. The zero-order valence-electron chi connectivity index (χ0n) is 11.9. The molecular formula is C15H17ClN2O3S. The van der Waals surface area contributed by atoms with Crippen molar-refractivity contribution in [3.8, 4) is 0 Å². The molecule has 3 rings (SSSR count). The molecule has 2 atom stereocenters. The molecule has 0 aliphatic carbocycles. The minimum absolute atomic E-state index is 0.111. The van der Waals surface area contributed by atoms with Gasteiger partial charge in [-0.15, -0.1) is 11.8 Å². The van der Waals surface area contributed by atoms with Gasteiger partial charge in [-0.25, -0.2) is 0 Å². The molecule has 5 nitrogen and oxygen atoms in total. The predicted octanol–water partition coefficient (Wildman–Crippen LogP) is 2.44. The highest BCUT2D eigenvalue weighted by atomic mass is 35.5. The largest absolute Gasteiger partial charge is 0.376 e. The summed E-state index contributed by atoms with van der Waals surface area (Å²) in [6.07, 6.45) is 2.29. The lowest BCUT2D eigenvalue weighted by Crippen LogP contribution is -2.37. The first-order valence-electron chi connectivity index (χ1n) is 7.27. The Morgan fingerprint density at radius 2 is 2.36 bits per heavy atom. The van der Waals surface area contributed by atoms with Crippen LogP contribution in [0, 0.1) is 0 Å². The number of fused-ring (bicyclic) bond motifs is 1. The number of anilines is 1. The number of thioether (sulfide) groups is 1. The molecule has 0 saturated carbocycles. The van der Waals surface area contributed by atoms with E-state index in [0.29, 0.717) is 17.3 Å². The Morgan fingerprint density at radius 1 is 1.50 bits per heavy atom. The fourth-order valence-corrected chi connectivity index (χ4v) is 3.79. The third-order valence-corrected chi connectivity index (χ3v) is 5.19. The minimum atomic E-state index is -0.418. The zero-order chi connectivity index (χ0) is 15.5. The molecule has 0 unspecified atom stereocenters. The number of nitrogens with one attached hydrogen (secondary N) is 2. The molecule has 2 aliphatic rings. The molecular weight excluding hydrogens is 324 g/mol. The lowest BCUT2D eigenvalue weighted by molar-refractivity contribution is -0.124. The van der Waals surface area contributed by atoms with Crippen molar-refractivity contribution in [2.75, 3.05) is 18.5 Å². The average molecular weight is 341 g/mol. The summed E-state index contributed by atoms with van der Waals surface area (Å²) in [4.78, 5) is 25.0. The second kappa shape index (κ2) is 6.89. The molecule has 1 fully saturated rings. The number of hydrogen-bond acceptors (Lipinski definition) is 4. The summed E-state index contributed by atoms with van der Waals surface area (Å²) >= 11 is 7.31. The van der Waals surface area contributed by atoms with Crippen molar-refractivity contribution < 1.29 is 14.3 Å². The molecule has 0 bridgehead atoms. The van der Waals surface area contributed by atoms with Crippen molar-refractivity contribution in [3.63, 3.8) is 0 Å². The first-order valence-corrected chi connectivity index (χ1v) is 8.53. The molecule has 2 aliphatic heterocycles. The highest BCUT2D eigenvalue weighted by Crippen LogP contribution is 2.38. The molecule has 2 amide bonds. The number of halogens is 1. The molecule has 1 aromatic carbocycles. The third-order valence-electron chi connectivity index (χ3n) is 3.68. The highest BCUT2D eigenvalue weighted by molar-refractivity contribution is 8.01. The van der Waals surface area contributed by atoms with E-state index in [1.807, 2.05) is 6.07 Å². The normalized spacial score (nSPS) is 23.8. The Balaban J connectivity index is 1.55. The molecule has 0 aromatic heterocycles. The summed E-state index contributed by atoms with van der Waals surface area (Å²) in [5, 5.41) is 5.81. The van der Waals surface area contributed by atoms with Crippen molar-refractivity contribution in [1.82, 2.24) is 5.32 Å². The van der Waals surface area contributed by atoms with Crippen LogP contribution in [0.4, 0.5) is 5.69 Å². The van der Waals surface area contributed by atoms with Crippen molar-refractivity contribution >= 4 is 40.9 Å². The van der Waals surface area contributed by atoms with Gasteiger partial charge in [0.15, 0.2) is 0 Å². The second-order valence-corrected chi connectivity index (χ2v) is 7.06. The summed E-state index contributed by atoms with van der Waals surface area (Å²) in [6, 6.07) is 5.36. The third kappa shape index (κ3) is 3.74. The topological polar surface area (TPSA) is 67.4 Å². The molecule has 1 aromatic rings. The van der Waals surface area contributed by atoms with Crippen LogP contribution in [0.2, 0.25) is 5.02 Å². The number of ether oxygens (including phenoxy) is 1. The summed E-state index contributed by atoms with van der Waals surface area (Å²) in [6.45, 7) is 1.28. The van der Waals surface area contributed by atoms with Gasteiger partial charge < -0.3 is 15.4 Å². The van der Waals surface area contributed by atoms with E-state index >= 15 is 0 Å². The van der Waals surface area contributed by atoms with Crippen molar-refractivity contribution in [3.05, 3.63) is 23.2 Å². The number of rotatable bonds is 4. The maximum Gasteiger partial charge on any atom is 0.238 e. The van der Waals surface area contributed by atoms with E-state index in [1.54, 1.807) is 12.1 Å². The van der Waals surface area contributed by atoms with Crippen LogP contribution in [0.25, 0.3) is 0 Å². The summed E-state index contributed by atoms with van der Waals surface area (Å²) in [5.41, 5.74) is 0.707. The van der Waals surface area contributed by atoms with Crippen LogP contribution in [0.5, 0.6) is 0 Å². The number of carbonyl (C=O) groups excluding carboxylic acids is 2. The van der Waals surface area contributed by atoms with Crippen LogP contribution in [-0.2, 0) is 14.3 Å². The van der Waals surface area contributed by atoms with Gasteiger partial charge in [0.1, 0.15) is 0 Å². The summed E-state index contributed by atoms with van der Waals surface area (Å²) < 4.78 is 5.46. The fourth-order valence-electron chi connectivity index (χ4n) is 2.53. The van der Waals surface area contributed by atoms with Gasteiger partial charge in [0.25, 0.3) is 0 Å². The fraction of sp³-hybridized carbons (Fsp3) is 0.467. The average Bonchev–Trinajstić information content (AvgIpc) is 2.99. The molecule has 7 heteroatoms. The van der Waals surface area contributed by atoms with Crippen LogP contribution in [0.3, 0.4) is 0 Å². The molecule has 0 spiro atoms. The van der Waals surface area contributed by atoms with Gasteiger partial charge in [-0.2, -0.15) is 0 Å². The van der Waals surface area contributed by atoms with Crippen molar-refractivity contribution in [2.24, 2.45) is 0 Å². The Morgan fingerprint density at radius 3 is 3.14 bits per heavy atom. The smallest absolute Gasteiger partial charge is 0.238 e. The zero-order valence-corrected chi connectivity index (χ0v) is 13.5. The van der Waals surface area contributed by atoms with Gasteiger partial charge in [0, 0.05) is 29.5 Å². The van der Waals surface area contributed by atoms with E-state index in [1.165, 1.54) is 11.8 Å².